The average Bonchev–Trinajstić information content (AvgIpc) is 3.02. The van der Waals surface area contributed by atoms with Crippen molar-refractivity contribution < 1.29 is 4.52 Å². The standard InChI is InChI=1S/C14H17N3O/c15-7-3-6-13-16-14(17-18-13)12-8-10-4-1-2-5-11(10)9-12/h1-2,4-5,12H,3,6-9,15H2. The van der Waals surface area contributed by atoms with Gasteiger partial charge in [-0.2, -0.15) is 4.98 Å². The smallest absolute Gasteiger partial charge is 0.226 e. The molecule has 0 saturated carbocycles. The van der Waals surface area contributed by atoms with Gasteiger partial charge in [0.15, 0.2) is 5.82 Å². The van der Waals surface area contributed by atoms with Crippen LogP contribution in [-0.2, 0) is 19.3 Å². The lowest BCUT2D eigenvalue weighted by atomic mass is 10.1. The summed E-state index contributed by atoms with van der Waals surface area (Å²) in [7, 11) is 0. The number of rotatable bonds is 4. The van der Waals surface area contributed by atoms with Crippen molar-refractivity contribution in [2.45, 2.75) is 31.6 Å². The van der Waals surface area contributed by atoms with E-state index in [9.17, 15) is 0 Å². The highest BCUT2D eigenvalue weighted by Gasteiger charge is 2.26. The van der Waals surface area contributed by atoms with Gasteiger partial charge in [0.25, 0.3) is 0 Å². The summed E-state index contributed by atoms with van der Waals surface area (Å²) in [6.07, 6.45) is 3.72. The molecule has 0 radical (unpaired) electrons. The third-order valence-corrected chi connectivity index (χ3v) is 3.49. The number of aromatic nitrogens is 2. The molecule has 0 unspecified atom stereocenters. The van der Waals surface area contributed by atoms with Crippen LogP contribution in [0.5, 0.6) is 0 Å². The number of hydrogen-bond donors (Lipinski definition) is 1. The first-order valence-electron chi connectivity index (χ1n) is 6.46. The maximum absolute atomic E-state index is 5.47. The van der Waals surface area contributed by atoms with Gasteiger partial charge in [0, 0.05) is 12.3 Å². The van der Waals surface area contributed by atoms with E-state index in [1.807, 2.05) is 0 Å². The van der Waals surface area contributed by atoms with E-state index in [1.54, 1.807) is 0 Å². The molecule has 0 bridgehead atoms. The molecule has 1 aliphatic carbocycles. The van der Waals surface area contributed by atoms with Crippen LogP contribution in [0.15, 0.2) is 28.8 Å². The molecule has 3 rings (SSSR count). The fourth-order valence-electron chi connectivity index (χ4n) is 2.53. The number of nitrogens with two attached hydrogens (primary N) is 1. The van der Waals surface area contributed by atoms with E-state index in [0.717, 1.165) is 31.5 Å². The SMILES string of the molecule is NCCCc1nc(C2Cc3ccccc3C2)no1. The molecular weight excluding hydrogens is 226 g/mol. The van der Waals surface area contributed by atoms with Crippen LogP contribution in [0, 0.1) is 0 Å². The Morgan fingerprint density at radius 2 is 1.94 bits per heavy atom. The molecule has 0 aliphatic heterocycles. The average molecular weight is 243 g/mol. The van der Waals surface area contributed by atoms with Gasteiger partial charge >= 0.3 is 0 Å². The summed E-state index contributed by atoms with van der Waals surface area (Å²) in [5, 5.41) is 4.11. The summed E-state index contributed by atoms with van der Waals surface area (Å²) in [4.78, 5) is 4.48. The second-order valence-corrected chi connectivity index (χ2v) is 4.81. The third-order valence-electron chi connectivity index (χ3n) is 3.49. The number of benzene rings is 1. The quantitative estimate of drug-likeness (QED) is 0.890. The predicted octanol–water partition coefficient (Wildman–Crippen LogP) is 1.84. The van der Waals surface area contributed by atoms with Crippen molar-refractivity contribution >= 4 is 0 Å². The van der Waals surface area contributed by atoms with Crippen molar-refractivity contribution in [3.8, 4) is 0 Å². The highest BCUT2D eigenvalue weighted by Crippen LogP contribution is 2.32. The molecule has 2 N–H and O–H groups in total. The predicted molar refractivity (Wildman–Crippen MR) is 68.3 cm³/mol. The van der Waals surface area contributed by atoms with Crippen LogP contribution < -0.4 is 5.73 Å². The van der Waals surface area contributed by atoms with Crippen molar-refractivity contribution in [3.05, 3.63) is 47.1 Å². The molecule has 0 spiro atoms. The Kier molecular flexibility index (Phi) is 3.11. The van der Waals surface area contributed by atoms with Gasteiger partial charge in [0.2, 0.25) is 5.89 Å². The van der Waals surface area contributed by atoms with Gasteiger partial charge in [-0.3, -0.25) is 0 Å². The summed E-state index contributed by atoms with van der Waals surface area (Å²) >= 11 is 0. The van der Waals surface area contributed by atoms with Crippen LogP contribution in [0.4, 0.5) is 0 Å². The van der Waals surface area contributed by atoms with E-state index in [0.29, 0.717) is 18.4 Å². The van der Waals surface area contributed by atoms with Crippen molar-refractivity contribution in [2.24, 2.45) is 5.73 Å². The van der Waals surface area contributed by atoms with E-state index in [4.69, 9.17) is 10.3 Å². The Bertz CT molecular complexity index is 510. The van der Waals surface area contributed by atoms with Crippen molar-refractivity contribution in [3.63, 3.8) is 0 Å². The van der Waals surface area contributed by atoms with Gasteiger partial charge < -0.3 is 10.3 Å². The first kappa shape index (κ1) is 11.4. The summed E-state index contributed by atoms with van der Waals surface area (Å²) in [5.41, 5.74) is 8.30. The first-order chi connectivity index (χ1) is 8.86. The molecule has 0 saturated heterocycles. The van der Waals surface area contributed by atoms with Crippen molar-refractivity contribution in [2.75, 3.05) is 6.54 Å². The Morgan fingerprint density at radius 3 is 2.61 bits per heavy atom. The fourth-order valence-corrected chi connectivity index (χ4v) is 2.53. The van der Waals surface area contributed by atoms with E-state index in [2.05, 4.69) is 34.4 Å². The normalized spacial score (nSPS) is 14.9. The summed E-state index contributed by atoms with van der Waals surface area (Å²) < 4.78 is 5.26. The van der Waals surface area contributed by atoms with Gasteiger partial charge in [-0.25, -0.2) is 0 Å². The number of fused-ring (bicyclic) bond motifs is 1. The summed E-state index contributed by atoms with van der Waals surface area (Å²) in [6.45, 7) is 0.659. The molecule has 0 amide bonds. The molecule has 94 valence electrons. The van der Waals surface area contributed by atoms with Crippen LogP contribution in [0.3, 0.4) is 0 Å². The zero-order chi connectivity index (χ0) is 12.4. The third kappa shape index (κ3) is 2.16. The van der Waals surface area contributed by atoms with Crippen LogP contribution in [0.25, 0.3) is 0 Å². The second kappa shape index (κ2) is 4.90. The highest BCUT2D eigenvalue weighted by atomic mass is 16.5. The molecular formula is C14H17N3O. The second-order valence-electron chi connectivity index (χ2n) is 4.81. The fraction of sp³-hybridized carbons (Fsp3) is 0.429. The molecule has 4 nitrogen and oxygen atoms in total. The van der Waals surface area contributed by atoms with Crippen LogP contribution >= 0.6 is 0 Å². The van der Waals surface area contributed by atoms with Crippen molar-refractivity contribution in [1.29, 1.82) is 0 Å². The lowest BCUT2D eigenvalue weighted by molar-refractivity contribution is 0.368. The first-order valence-corrected chi connectivity index (χ1v) is 6.46. The van der Waals surface area contributed by atoms with E-state index in [-0.39, 0.29) is 0 Å². The van der Waals surface area contributed by atoms with Gasteiger partial charge in [-0.15, -0.1) is 0 Å². The molecule has 4 heteroatoms. The number of nitrogens with zero attached hydrogens (tertiary/aromatic N) is 2. The monoisotopic (exact) mass is 243 g/mol. The Labute approximate surface area is 106 Å². The largest absolute Gasteiger partial charge is 0.339 e. The number of aryl methyl sites for hydroxylation is 1. The molecule has 1 aromatic carbocycles. The number of hydrogen-bond acceptors (Lipinski definition) is 4. The Balaban J connectivity index is 1.72. The maximum Gasteiger partial charge on any atom is 0.226 e. The van der Waals surface area contributed by atoms with Gasteiger partial charge in [-0.1, -0.05) is 29.4 Å². The van der Waals surface area contributed by atoms with Crippen LogP contribution in [0.2, 0.25) is 0 Å². The van der Waals surface area contributed by atoms with Gasteiger partial charge in [-0.05, 0) is 36.9 Å². The molecule has 18 heavy (non-hydrogen) atoms. The van der Waals surface area contributed by atoms with E-state index < -0.39 is 0 Å². The minimum atomic E-state index is 0.373. The molecule has 1 aromatic heterocycles. The van der Waals surface area contributed by atoms with E-state index >= 15 is 0 Å². The minimum Gasteiger partial charge on any atom is -0.339 e. The Morgan fingerprint density at radius 1 is 1.22 bits per heavy atom. The summed E-state index contributed by atoms with van der Waals surface area (Å²) in [6, 6.07) is 8.55. The van der Waals surface area contributed by atoms with Crippen molar-refractivity contribution in [1.82, 2.24) is 10.1 Å². The molecule has 0 fully saturated rings. The topological polar surface area (TPSA) is 64.9 Å². The van der Waals surface area contributed by atoms with Crippen LogP contribution in [0.1, 0.15) is 35.2 Å². The maximum atomic E-state index is 5.47. The zero-order valence-electron chi connectivity index (χ0n) is 10.3. The molecule has 0 atom stereocenters. The van der Waals surface area contributed by atoms with Crippen LogP contribution in [-0.4, -0.2) is 16.7 Å². The minimum absolute atomic E-state index is 0.373. The lowest BCUT2D eigenvalue weighted by Gasteiger charge is -2.00. The summed E-state index contributed by atoms with van der Waals surface area (Å²) in [5.74, 6) is 1.93. The zero-order valence-corrected chi connectivity index (χ0v) is 10.3. The highest BCUT2D eigenvalue weighted by molar-refractivity contribution is 5.34. The van der Waals surface area contributed by atoms with Gasteiger partial charge in [0.05, 0.1) is 0 Å². The molecule has 1 heterocycles. The molecule has 2 aromatic rings. The lowest BCUT2D eigenvalue weighted by Crippen LogP contribution is -2.02. The van der Waals surface area contributed by atoms with Gasteiger partial charge in [0.1, 0.15) is 0 Å². The Hall–Kier alpha value is -1.68. The molecule has 1 aliphatic rings. The van der Waals surface area contributed by atoms with E-state index in [1.165, 1.54) is 11.1 Å².